The van der Waals surface area contributed by atoms with Crippen molar-refractivity contribution in [3.05, 3.63) is 94.0 Å². The molecule has 0 radical (unpaired) electrons. The number of carbonyl (C=O) groups is 6. The third-order valence-corrected chi connectivity index (χ3v) is 11.5. The fraction of sp³-hybridized carbons (Fsp3) is 0.125. The van der Waals surface area contributed by atoms with Gasteiger partial charge in [0, 0.05) is 11.1 Å². The van der Waals surface area contributed by atoms with Crippen LogP contribution in [-0.2, 0) is 28.4 Å². The molecule has 2 heterocycles. The predicted octanol–water partition coefficient (Wildman–Crippen LogP) is 2.30. The maximum absolute atomic E-state index is 14.6. The molecule has 5 unspecified atom stereocenters. The van der Waals surface area contributed by atoms with E-state index in [9.17, 15) is 116 Å². The van der Waals surface area contributed by atoms with E-state index >= 15 is 0 Å². The Balaban J connectivity index is 1.31. The lowest BCUT2D eigenvalue weighted by molar-refractivity contribution is -0.282. The van der Waals surface area contributed by atoms with Crippen LogP contribution in [0.3, 0.4) is 0 Å². The van der Waals surface area contributed by atoms with Crippen molar-refractivity contribution < 1.29 is 149 Å². The summed E-state index contributed by atoms with van der Waals surface area (Å²) in [5.74, 6) is -32.4. The molecule has 0 saturated carbocycles. The lowest BCUT2D eigenvalue weighted by Crippen LogP contribution is -2.63. The number of rotatable bonds is 8. The number of phenols is 17. The van der Waals surface area contributed by atoms with Crippen molar-refractivity contribution in [3.63, 3.8) is 0 Å². The number of cyclic esters (lactones) is 1. The summed E-state index contributed by atoms with van der Waals surface area (Å²) in [4.78, 5) is 84.2. The van der Waals surface area contributed by atoms with Crippen molar-refractivity contribution in [1.82, 2.24) is 0 Å². The summed E-state index contributed by atoms with van der Waals surface area (Å²) in [5.41, 5.74) is -7.84. The minimum absolute atomic E-state index is 0.361. The minimum Gasteiger partial charge on any atom is -0.504 e. The molecule has 0 aliphatic carbocycles. The second kappa shape index (κ2) is 19.9. The number of ether oxygens (including phenoxy) is 7. The molecule has 0 spiro atoms. The summed E-state index contributed by atoms with van der Waals surface area (Å²) < 4.78 is 38.8. The van der Waals surface area contributed by atoms with E-state index in [1.807, 2.05) is 0 Å². The maximum Gasteiger partial charge on any atom is 0.343 e. The Kier molecular flexibility index (Phi) is 13.5. The van der Waals surface area contributed by atoms with Gasteiger partial charge in [0.25, 0.3) is 0 Å². The number of hydrogen-bond acceptors (Lipinski definition) is 30. The van der Waals surface area contributed by atoms with E-state index in [2.05, 4.69) is 0 Å². The Hall–Kier alpha value is -11.3. The highest BCUT2D eigenvalue weighted by Crippen LogP contribution is 2.53. The molecule has 6 aromatic rings. The summed E-state index contributed by atoms with van der Waals surface area (Å²) in [6.45, 7) is -1.34. The molecule has 1 saturated heterocycles. The number of hydrogen-bond donors (Lipinski definition) is 17. The van der Waals surface area contributed by atoms with Crippen LogP contribution in [0.2, 0.25) is 0 Å². The second-order valence-corrected chi connectivity index (χ2v) is 16.5. The summed E-state index contributed by atoms with van der Waals surface area (Å²) in [7, 11) is 0. The van der Waals surface area contributed by atoms with E-state index in [1.54, 1.807) is 0 Å². The van der Waals surface area contributed by atoms with Gasteiger partial charge in [-0.05, 0) is 60.7 Å². The van der Waals surface area contributed by atoms with Gasteiger partial charge in [-0.2, -0.15) is 0 Å². The van der Waals surface area contributed by atoms with Crippen LogP contribution in [-0.4, -0.2) is 160 Å². The van der Waals surface area contributed by atoms with Crippen LogP contribution in [0, 0.1) is 0 Å². The lowest BCUT2D eigenvalue weighted by atomic mass is 9.92. The molecule has 17 N–H and O–H groups in total. The number of esters is 6. The van der Waals surface area contributed by atoms with Gasteiger partial charge < -0.3 is 120 Å². The van der Waals surface area contributed by atoms with Crippen molar-refractivity contribution in [2.45, 2.75) is 30.7 Å². The summed E-state index contributed by atoms with van der Waals surface area (Å²) >= 11 is 0. The third-order valence-electron chi connectivity index (χ3n) is 11.5. The van der Waals surface area contributed by atoms with E-state index < -0.39 is 221 Å². The van der Waals surface area contributed by atoms with Crippen LogP contribution in [0.1, 0.15) is 62.1 Å². The zero-order valence-corrected chi connectivity index (χ0v) is 38.3. The molecular formula is C48H34O30. The maximum atomic E-state index is 14.6. The minimum atomic E-state index is -2.68. The molecule has 0 bridgehead atoms. The van der Waals surface area contributed by atoms with Gasteiger partial charge in [-0.1, -0.05) is 0 Å². The van der Waals surface area contributed by atoms with Crippen molar-refractivity contribution in [3.8, 4) is 115 Å². The molecular weight excluding hydrogens is 1060 g/mol. The Morgan fingerprint density at radius 2 is 0.756 bits per heavy atom. The van der Waals surface area contributed by atoms with Crippen LogP contribution < -0.4 is 4.74 Å². The highest BCUT2D eigenvalue weighted by atomic mass is 16.7. The van der Waals surface area contributed by atoms with E-state index in [0.29, 0.717) is 60.7 Å². The molecule has 5 atom stereocenters. The predicted molar refractivity (Wildman–Crippen MR) is 243 cm³/mol. The number of fused-ring (bicyclic) bond motifs is 4. The zero-order chi connectivity index (χ0) is 57.1. The quantitative estimate of drug-likeness (QED) is 0.0450. The summed E-state index contributed by atoms with van der Waals surface area (Å²) in [5, 5.41) is 176. The molecule has 1 fully saturated rings. The van der Waals surface area contributed by atoms with Crippen LogP contribution >= 0.6 is 0 Å². The van der Waals surface area contributed by atoms with Gasteiger partial charge in [0.05, 0.1) is 33.4 Å². The second-order valence-electron chi connectivity index (χ2n) is 16.5. The fourth-order valence-electron chi connectivity index (χ4n) is 7.72. The molecule has 6 aromatic carbocycles. The van der Waals surface area contributed by atoms with Gasteiger partial charge >= 0.3 is 35.8 Å². The smallest absolute Gasteiger partial charge is 0.343 e. The van der Waals surface area contributed by atoms with Gasteiger partial charge in [0.2, 0.25) is 29.6 Å². The third kappa shape index (κ3) is 9.56. The lowest BCUT2D eigenvalue weighted by Gasteiger charge is -2.43. The summed E-state index contributed by atoms with van der Waals surface area (Å²) in [6.07, 6.45) is -12.8. The van der Waals surface area contributed by atoms with E-state index in [0.717, 1.165) is 0 Å². The number of benzene rings is 6. The van der Waals surface area contributed by atoms with E-state index in [4.69, 9.17) is 33.2 Å². The normalized spacial score (nSPS) is 17.8. The zero-order valence-electron chi connectivity index (χ0n) is 38.3. The number of aromatic hydroxyl groups is 17. The monoisotopic (exact) mass is 1090 g/mol. The average Bonchev–Trinajstić information content (AvgIpc) is 3.41. The molecule has 2 aliphatic heterocycles. The molecule has 30 nitrogen and oxygen atoms in total. The van der Waals surface area contributed by atoms with Crippen molar-refractivity contribution in [1.29, 1.82) is 0 Å². The Bertz CT molecular complexity index is 3500. The van der Waals surface area contributed by atoms with Gasteiger partial charge in [-0.25, -0.2) is 28.8 Å². The average molecular weight is 1090 g/mol. The number of carbonyl (C=O) groups excluding carboxylic acids is 6. The first-order valence-electron chi connectivity index (χ1n) is 21.4. The van der Waals surface area contributed by atoms with Crippen LogP contribution in [0.25, 0.3) is 11.1 Å². The van der Waals surface area contributed by atoms with Gasteiger partial charge in [0.15, 0.2) is 98.5 Å². The molecule has 78 heavy (non-hydrogen) atoms. The van der Waals surface area contributed by atoms with Gasteiger partial charge in [-0.15, -0.1) is 0 Å². The van der Waals surface area contributed by atoms with Gasteiger partial charge in [0.1, 0.15) is 12.7 Å². The SMILES string of the molecule is O=C(Oc1cc(C(=O)OC2C3OC(=O)c4cc(O)c(O)c(O)c4-c4c(cc(O)c(O)c4O)C(=O)OCC3OC(OC(=O)c3cc(O)c(O)c(O)c3)C2OC(=O)c2cc(O)c(O)c(O)c2)cc(O)c1O)c1cc(O)c(O)c(O)c1. The van der Waals surface area contributed by atoms with Crippen LogP contribution in [0.15, 0.2) is 60.7 Å². The first-order valence-corrected chi connectivity index (χ1v) is 21.4. The topological polar surface area (TPSA) is 511 Å². The standard InChI is InChI=1S/C48H34O30/c49-18-1-12(2-19(50)31(18)58)42(66)73-27-8-15(7-24(55)34(27)61)44(68)76-40-39-28(11-72-46(70)16-9-25(56)35(62)37(64)29(16)30-17(47(71)75-39)10-26(57)36(63)38(30)65)74-48(78-45(69)14-5-22(53)33(60)23(54)6-14)41(40)77-43(67)13-3-20(51)32(59)21(52)4-13/h1-10,28,39-41,48-65H,11H2. The first-order chi connectivity index (χ1) is 36.7. The highest BCUT2D eigenvalue weighted by Gasteiger charge is 2.55. The summed E-state index contributed by atoms with van der Waals surface area (Å²) in [6, 6.07) is 4.95. The van der Waals surface area contributed by atoms with Crippen LogP contribution in [0.4, 0.5) is 0 Å². The molecule has 8 rings (SSSR count). The van der Waals surface area contributed by atoms with Crippen molar-refractivity contribution >= 4 is 35.8 Å². The highest BCUT2D eigenvalue weighted by molar-refractivity contribution is 6.08. The molecule has 406 valence electrons. The first kappa shape index (κ1) is 53.0. The number of phenolic OH excluding ortho intramolecular Hbond substituents is 17. The van der Waals surface area contributed by atoms with Crippen LogP contribution in [0.5, 0.6) is 103 Å². The molecule has 0 amide bonds. The van der Waals surface area contributed by atoms with Gasteiger partial charge in [-0.3, -0.25) is 0 Å². The molecule has 2 aliphatic rings. The van der Waals surface area contributed by atoms with E-state index in [1.165, 1.54) is 0 Å². The fourth-order valence-corrected chi connectivity index (χ4v) is 7.72. The molecule has 30 heteroatoms. The Morgan fingerprint density at radius 3 is 1.21 bits per heavy atom. The Morgan fingerprint density at radius 1 is 0.397 bits per heavy atom. The largest absolute Gasteiger partial charge is 0.504 e. The Labute approximate surface area is 429 Å². The van der Waals surface area contributed by atoms with Crippen molar-refractivity contribution in [2.75, 3.05) is 6.61 Å². The van der Waals surface area contributed by atoms with Crippen molar-refractivity contribution in [2.24, 2.45) is 0 Å². The van der Waals surface area contributed by atoms with E-state index in [-0.39, 0.29) is 0 Å². The molecule has 0 aromatic heterocycles.